The summed E-state index contributed by atoms with van der Waals surface area (Å²) in [5.74, 6) is 2.79. The summed E-state index contributed by atoms with van der Waals surface area (Å²) >= 11 is 0. The molecule has 1 aromatic heterocycles. The van der Waals surface area contributed by atoms with Crippen molar-refractivity contribution in [1.82, 2.24) is 15.0 Å². The number of hydrogen-bond donors (Lipinski definition) is 1. The number of benzene rings is 2. The highest BCUT2D eigenvalue weighted by Gasteiger charge is 2.22. The predicted octanol–water partition coefficient (Wildman–Crippen LogP) is 3.94. The molecule has 9 heteroatoms. The van der Waals surface area contributed by atoms with Crippen LogP contribution in [0.15, 0.2) is 47.0 Å². The lowest BCUT2D eigenvalue weighted by Crippen LogP contribution is -2.50. The van der Waals surface area contributed by atoms with Crippen molar-refractivity contribution in [3.63, 3.8) is 0 Å². The lowest BCUT2D eigenvalue weighted by molar-refractivity contribution is 0.174. The Balaban J connectivity index is 1.17. The summed E-state index contributed by atoms with van der Waals surface area (Å²) in [5, 5.41) is 7.01. The van der Waals surface area contributed by atoms with Crippen molar-refractivity contribution in [3.8, 4) is 22.9 Å². The third-order valence-corrected chi connectivity index (χ3v) is 5.62. The van der Waals surface area contributed by atoms with Gasteiger partial charge >= 0.3 is 6.03 Å². The van der Waals surface area contributed by atoms with Crippen molar-refractivity contribution in [2.24, 2.45) is 0 Å². The monoisotopic (exact) mass is 435 g/mol. The molecule has 3 aromatic rings. The largest absolute Gasteiger partial charge is 0.454 e. The van der Waals surface area contributed by atoms with Crippen LogP contribution in [0, 0.1) is 0 Å². The van der Waals surface area contributed by atoms with Crippen LogP contribution in [0.3, 0.4) is 0 Å². The number of ether oxygens (including phenoxy) is 2. The van der Waals surface area contributed by atoms with E-state index in [1.165, 1.54) is 0 Å². The number of fused-ring (bicyclic) bond motifs is 1. The van der Waals surface area contributed by atoms with Crippen molar-refractivity contribution < 1.29 is 18.8 Å². The zero-order chi connectivity index (χ0) is 22.1. The second-order valence-electron chi connectivity index (χ2n) is 8.13. The summed E-state index contributed by atoms with van der Waals surface area (Å²) in [6, 6.07) is 13.4. The van der Waals surface area contributed by atoms with E-state index < -0.39 is 0 Å². The molecule has 3 heterocycles. The summed E-state index contributed by atoms with van der Waals surface area (Å²) in [6.07, 6.45) is 0. The molecule has 0 atom stereocenters. The molecular weight excluding hydrogens is 410 g/mol. The molecule has 0 radical (unpaired) electrons. The van der Waals surface area contributed by atoms with Gasteiger partial charge in [-0.2, -0.15) is 4.98 Å². The molecule has 32 heavy (non-hydrogen) atoms. The third kappa shape index (κ3) is 4.05. The Kier molecular flexibility index (Phi) is 5.30. The van der Waals surface area contributed by atoms with Gasteiger partial charge in [0.05, 0.1) is 0 Å². The number of anilines is 2. The standard InChI is InChI=1S/C23H25N5O4/c1-15(2)22-25-21(26-32-22)16-3-6-18(7-4-16)27-9-11-28(12-10-27)23(29)24-17-5-8-19-20(13-17)31-14-30-19/h3-8,13,15H,9-12,14H2,1-2H3,(H,24,29). The Labute approximate surface area is 185 Å². The molecule has 1 N–H and O–H groups in total. The van der Waals surface area contributed by atoms with Gasteiger partial charge in [0.25, 0.3) is 0 Å². The molecule has 2 amide bonds. The average molecular weight is 435 g/mol. The first-order valence-electron chi connectivity index (χ1n) is 10.7. The van der Waals surface area contributed by atoms with Gasteiger partial charge in [-0.05, 0) is 36.4 Å². The molecule has 0 spiro atoms. The van der Waals surface area contributed by atoms with Gasteiger partial charge in [-0.1, -0.05) is 19.0 Å². The van der Waals surface area contributed by atoms with Crippen molar-refractivity contribution in [2.75, 3.05) is 43.2 Å². The molecule has 0 aliphatic carbocycles. The van der Waals surface area contributed by atoms with Crippen LogP contribution in [0.25, 0.3) is 11.4 Å². The number of rotatable bonds is 4. The molecule has 1 fully saturated rings. The van der Waals surface area contributed by atoms with Crippen LogP contribution in [0.2, 0.25) is 0 Å². The van der Waals surface area contributed by atoms with Gasteiger partial charge in [0.1, 0.15) is 0 Å². The SMILES string of the molecule is CC(C)c1nc(-c2ccc(N3CCN(C(=O)Nc4ccc5c(c4)OCO5)CC3)cc2)no1. The van der Waals surface area contributed by atoms with E-state index in [0.717, 1.165) is 24.3 Å². The van der Waals surface area contributed by atoms with Gasteiger partial charge < -0.3 is 29.1 Å². The van der Waals surface area contributed by atoms with Gasteiger partial charge in [0, 0.05) is 55.1 Å². The van der Waals surface area contributed by atoms with Gasteiger partial charge in [-0.15, -0.1) is 0 Å². The fraction of sp³-hybridized carbons (Fsp3) is 0.348. The number of nitrogens with one attached hydrogen (secondary N) is 1. The number of amides is 2. The van der Waals surface area contributed by atoms with Crippen LogP contribution >= 0.6 is 0 Å². The predicted molar refractivity (Wildman–Crippen MR) is 119 cm³/mol. The summed E-state index contributed by atoms with van der Waals surface area (Å²) in [4.78, 5) is 21.2. The van der Waals surface area contributed by atoms with Crippen LogP contribution in [-0.4, -0.2) is 54.0 Å². The molecule has 2 aliphatic heterocycles. The molecule has 9 nitrogen and oxygen atoms in total. The van der Waals surface area contributed by atoms with E-state index >= 15 is 0 Å². The fourth-order valence-corrected chi connectivity index (χ4v) is 3.75. The summed E-state index contributed by atoms with van der Waals surface area (Å²) < 4.78 is 16.0. The minimum Gasteiger partial charge on any atom is -0.454 e. The molecule has 1 saturated heterocycles. The van der Waals surface area contributed by atoms with Crippen molar-refractivity contribution >= 4 is 17.4 Å². The first-order chi connectivity index (χ1) is 15.6. The van der Waals surface area contributed by atoms with E-state index in [1.807, 2.05) is 36.9 Å². The van der Waals surface area contributed by atoms with Crippen LogP contribution in [0.4, 0.5) is 16.2 Å². The van der Waals surface area contributed by atoms with Gasteiger partial charge in [-0.3, -0.25) is 0 Å². The highest BCUT2D eigenvalue weighted by Crippen LogP contribution is 2.34. The zero-order valence-corrected chi connectivity index (χ0v) is 18.1. The highest BCUT2D eigenvalue weighted by atomic mass is 16.7. The van der Waals surface area contributed by atoms with Crippen molar-refractivity contribution in [2.45, 2.75) is 19.8 Å². The van der Waals surface area contributed by atoms with Gasteiger partial charge in [0.2, 0.25) is 18.5 Å². The average Bonchev–Trinajstić information content (AvgIpc) is 3.49. The van der Waals surface area contributed by atoms with Crippen LogP contribution in [0.1, 0.15) is 25.7 Å². The number of urea groups is 1. The summed E-state index contributed by atoms with van der Waals surface area (Å²) in [7, 11) is 0. The number of hydrogen-bond acceptors (Lipinski definition) is 7. The molecule has 0 unspecified atom stereocenters. The Hall–Kier alpha value is -3.75. The number of carbonyl (C=O) groups excluding carboxylic acids is 1. The van der Waals surface area contributed by atoms with E-state index in [0.29, 0.717) is 42.0 Å². The first-order valence-corrected chi connectivity index (χ1v) is 10.7. The Bertz CT molecular complexity index is 1100. The second kappa shape index (κ2) is 8.41. The summed E-state index contributed by atoms with van der Waals surface area (Å²) in [5.41, 5.74) is 2.72. The maximum Gasteiger partial charge on any atom is 0.321 e. The maximum absolute atomic E-state index is 12.7. The number of carbonyl (C=O) groups is 1. The van der Waals surface area contributed by atoms with Gasteiger partial charge in [-0.25, -0.2) is 4.79 Å². The molecule has 2 aliphatic rings. The lowest BCUT2D eigenvalue weighted by atomic mass is 10.1. The number of piperazine rings is 1. The van der Waals surface area contributed by atoms with Crippen molar-refractivity contribution in [3.05, 3.63) is 48.4 Å². The Morgan fingerprint density at radius 3 is 2.47 bits per heavy atom. The van der Waals surface area contributed by atoms with Gasteiger partial charge in [0.15, 0.2) is 11.5 Å². The lowest BCUT2D eigenvalue weighted by Gasteiger charge is -2.36. The highest BCUT2D eigenvalue weighted by molar-refractivity contribution is 5.90. The van der Waals surface area contributed by atoms with Crippen LogP contribution < -0.4 is 19.7 Å². The smallest absolute Gasteiger partial charge is 0.321 e. The zero-order valence-electron chi connectivity index (χ0n) is 18.1. The molecular formula is C23H25N5O4. The van der Waals surface area contributed by atoms with E-state index in [9.17, 15) is 4.79 Å². The molecule has 5 rings (SSSR count). The number of nitrogens with zero attached hydrogens (tertiary/aromatic N) is 4. The van der Waals surface area contributed by atoms with E-state index in [2.05, 4.69) is 32.5 Å². The summed E-state index contributed by atoms with van der Waals surface area (Å²) in [6.45, 7) is 7.05. The molecule has 0 bridgehead atoms. The molecule has 0 saturated carbocycles. The maximum atomic E-state index is 12.7. The minimum atomic E-state index is -0.114. The van der Waals surface area contributed by atoms with Crippen LogP contribution in [0.5, 0.6) is 11.5 Å². The van der Waals surface area contributed by atoms with E-state index in [4.69, 9.17) is 14.0 Å². The van der Waals surface area contributed by atoms with Crippen molar-refractivity contribution in [1.29, 1.82) is 0 Å². The second-order valence-corrected chi connectivity index (χ2v) is 8.13. The van der Waals surface area contributed by atoms with Crippen LogP contribution in [-0.2, 0) is 0 Å². The fourth-order valence-electron chi connectivity index (χ4n) is 3.75. The quantitative estimate of drug-likeness (QED) is 0.663. The number of aromatic nitrogens is 2. The molecule has 2 aromatic carbocycles. The third-order valence-electron chi connectivity index (χ3n) is 5.62. The Morgan fingerprint density at radius 1 is 1.00 bits per heavy atom. The van der Waals surface area contributed by atoms with E-state index in [1.54, 1.807) is 12.1 Å². The Morgan fingerprint density at radius 2 is 1.75 bits per heavy atom. The minimum absolute atomic E-state index is 0.114. The topological polar surface area (TPSA) is 93.0 Å². The first kappa shape index (κ1) is 20.2. The van der Waals surface area contributed by atoms with E-state index in [-0.39, 0.29) is 18.7 Å². The normalized spacial score (nSPS) is 15.3. The molecule has 166 valence electrons.